The number of nitrogens with one attached hydrogen (secondary N) is 1. The van der Waals surface area contributed by atoms with Gasteiger partial charge in [-0.05, 0) is 37.0 Å². The number of amides is 1. The highest BCUT2D eigenvalue weighted by Gasteiger charge is 2.22. The number of rotatable bonds is 4. The highest BCUT2D eigenvalue weighted by atomic mass is 16.6. The van der Waals surface area contributed by atoms with Crippen molar-refractivity contribution in [3.8, 4) is 11.5 Å². The van der Waals surface area contributed by atoms with Crippen molar-refractivity contribution in [2.24, 2.45) is 5.92 Å². The Kier molecular flexibility index (Phi) is 5.43. The van der Waals surface area contributed by atoms with E-state index in [2.05, 4.69) is 22.2 Å². The van der Waals surface area contributed by atoms with Gasteiger partial charge >= 0.3 is 0 Å². The molecule has 3 aromatic rings. The molecule has 0 bridgehead atoms. The standard InChI is InChI=1S/C24H26N4O4/c1-16-5-4-10-27(14-16)23-18-6-2-3-7-19(18)24(30)28(26-23)15-22(29)25-17-8-9-20-21(13-17)32-12-11-31-20/h2-3,6-9,13,16H,4-5,10-12,14-15H2,1H3,(H,25,29)/t16-/m1/s1. The summed E-state index contributed by atoms with van der Waals surface area (Å²) in [6.07, 6.45) is 2.27. The zero-order valence-electron chi connectivity index (χ0n) is 18.0. The summed E-state index contributed by atoms with van der Waals surface area (Å²) in [6, 6.07) is 12.7. The van der Waals surface area contributed by atoms with Crippen LogP contribution >= 0.6 is 0 Å². The van der Waals surface area contributed by atoms with Crippen LogP contribution in [0.1, 0.15) is 19.8 Å². The zero-order chi connectivity index (χ0) is 22.1. The van der Waals surface area contributed by atoms with Crippen LogP contribution < -0.4 is 25.2 Å². The summed E-state index contributed by atoms with van der Waals surface area (Å²) in [5, 5.41) is 8.87. The van der Waals surface area contributed by atoms with Gasteiger partial charge in [0, 0.05) is 30.2 Å². The molecule has 1 N–H and O–H groups in total. The van der Waals surface area contributed by atoms with Crippen LogP contribution in [0.4, 0.5) is 11.5 Å². The van der Waals surface area contributed by atoms with E-state index >= 15 is 0 Å². The van der Waals surface area contributed by atoms with Gasteiger partial charge in [-0.15, -0.1) is 0 Å². The van der Waals surface area contributed by atoms with Crippen LogP contribution in [0.15, 0.2) is 47.3 Å². The third-order valence-electron chi connectivity index (χ3n) is 5.92. The maximum Gasteiger partial charge on any atom is 0.275 e. The Labute approximate surface area is 185 Å². The Morgan fingerprint density at radius 2 is 1.91 bits per heavy atom. The smallest absolute Gasteiger partial charge is 0.275 e. The number of fused-ring (bicyclic) bond motifs is 2. The molecule has 5 rings (SSSR count). The highest BCUT2D eigenvalue weighted by Crippen LogP contribution is 2.32. The molecule has 32 heavy (non-hydrogen) atoms. The second-order valence-corrected chi connectivity index (χ2v) is 8.43. The van der Waals surface area contributed by atoms with Gasteiger partial charge in [0.05, 0.1) is 5.39 Å². The van der Waals surface area contributed by atoms with Crippen LogP contribution in [0, 0.1) is 5.92 Å². The van der Waals surface area contributed by atoms with Gasteiger partial charge in [0.2, 0.25) is 5.91 Å². The molecule has 3 heterocycles. The van der Waals surface area contributed by atoms with Crippen LogP contribution in [-0.4, -0.2) is 42.0 Å². The fraction of sp³-hybridized carbons (Fsp3) is 0.375. The number of carbonyl (C=O) groups excluding carboxylic acids is 1. The monoisotopic (exact) mass is 434 g/mol. The van der Waals surface area contributed by atoms with Gasteiger partial charge in [0.1, 0.15) is 19.8 Å². The van der Waals surface area contributed by atoms with Crippen LogP contribution in [0.2, 0.25) is 0 Å². The summed E-state index contributed by atoms with van der Waals surface area (Å²) < 4.78 is 12.4. The summed E-state index contributed by atoms with van der Waals surface area (Å²) in [6.45, 7) is 4.81. The third-order valence-corrected chi connectivity index (χ3v) is 5.92. The van der Waals surface area contributed by atoms with Crippen molar-refractivity contribution in [3.63, 3.8) is 0 Å². The molecule has 0 saturated carbocycles. The van der Waals surface area contributed by atoms with E-state index in [1.54, 1.807) is 24.3 Å². The van der Waals surface area contributed by atoms with Gasteiger partial charge in [-0.2, -0.15) is 5.10 Å². The number of carbonyl (C=O) groups is 1. The number of hydrogen-bond acceptors (Lipinski definition) is 6. The molecule has 1 atom stereocenters. The first-order valence-corrected chi connectivity index (χ1v) is 11.0. The molecule has 1 amide bonds. The SMILES string of the molecule is C[C@@H]1CCCN(c2nn(CC(=O)Nc3ccc4c(c3)OCCO4)c(=O)c3ccccc23)C1. The van der Waals surface area contributed by atoms with Crippen molar-refractivity contribution in [2.45, 2.75) is 26.3 Å². The van der Waals surface area contributed by atoms with E-state index in [-0.39, 0.29) is 18.0 Å². The number of hydrogen-bond donors (Lipinski definition) is 1. The summed E-state index contributed by atoms with van der Waals surface area (Å²) >= 11 is 0. The van der Waals surface area contributed by atoms with Crippen molar-refractivity contribution >= 4 is 28.2 Å². The molecule has 0 aliphatic carbocycles. The Bertz CT molecular complexity index is 1220. The average molecular weight is 434 g/mol. The Balaban J connectivity index is 1.43. The molecule has 8 nitrogen and oxygen atoms in total. The van der Waals surface area contributed by atoms with Gasteiger partial charge in [0.25, 0.3) is 5.56 Å². The summed E-state index contributed by atoms with van der Waals surface area (Å²) in [5.41, 5.74) is 0.310. The summed E-state index contributed by atoms with van der Waals surface area (Å²) in [4.78, 5) is 28.1. The lowest BCUT2D eigenvalue weighted by atomic mass is 10.00. The minimum Gasteiger partial charge on any atom is -0.486 e. The Morgan fingerprint density at radius 1 is 1.12 bits per heavy atom. The van der Waals surface area contributed by atoms with E-state index in [1.165, 1.54) is 11.1 Å². The van der Waals surface area contributed by atoms with E-state index in [0.29, 0.717) is 41.7 Å². The Hall–Kier alpha value is -3.55. The largest absolute Gasteiger partial charge is 0.486 e. The van der Waals surface area contributed by atoms with Crippen LogP contribution in [-0.2, 0) is 11.3 Å². The summed E-state index contributed by atoms with van der Waals surface area (Å²) in [7, 11) is 0. The van der Waals surface area contributed by atoms with E-state index in [4.69, 9.17) is 9.47 Å². The van der Waals surface area contributed by atoms with Crippen molar-refractivity contribution in [1.82, 2.24) is 9.78 Å². The molecular weight excluding hydrogens is 408 g/mol. The fourth-order valence-electron chi connectivity index (χ4n) is 4.40. The molecule has 1 fully saturated rings. The molecule has 1 saturated heterocycles. The second-order valence-electron chi connectivity index (χ2n) is 8.43. The lowest BCUT2D eigenvalue weighted by Crippen LogP contribution is -2.38. The topological polar surface area (TPSA) is 85.7 Å². The molecule has 2 aromatic carbocycles. The van der Waals surface area contributed by atoms with E-state index < -0.39 is 0 Å². The third kappa shape index (κ3) is 4.00. The molecule has 0 unspecified atom stereocenters. The van der Waals surface area contributed by atoms with E-state index in [1.807, 2.05) is 18.2 Å². The summed E-state index contributed by atoms with van der Waals surface area (Å²) in [5.74, 6) is 2.24. The lowest BCUT2D eigenvalue weighted by molar-refractivity contribution is -0.117. The molecule has 166 valence electrons. The van der Waals surface area contributed by atoms with Gasteiger partial charge in [-0.25, -0.2) is 4.68 Å². The molecule has 0 radical (unpaired) electrons. The molecular formula is C24H26N4O4. The van der Waals surface area contributed by atoms with Gasteiger partial charge < -0.3 is 19.7 Å². The van der Waals surface area contributed by atoms with Crippen molar-refractivity contribution in [3.05, 3.63) is 52.8 Å². The number of benzene rings is 2. The number of ether oxygens (including phenoxy) is 2. The molecule has 2 aliphatic heterocycles. The predicted octanol–water partition coefficient (Wildman–Crippen LogP) is 3.04. The van der Waals surface area contributed by atoms with E-state index in [9.17, 15) is 9.59 Å². The quantitative estimate of drug-likeness (QED) is 0.679. The normalized spacial score (nSPS) is 17.9. The van der Waals surface area contributed by atoms with E-state index in [0.717, 1.165) is 30.7 Å². The van der Waals surface area contributed by atoms with Gasteiger partial charge in [0.15, 0.2) is 17.3 Å². The van der Waals surface area contributed by atoms with Crippen molar-refractivity contribution in [1.29, 1.82) is 0 Å². The van der Waals surface area contributed by atoms with Crippen molar-refractivity contribution < 1.29 is 14.3 Å². The first-order chi connectivity index (χ1) is 15.6. The number of anilines is 2. The highest BCUT2D eigenvalue weighted by molar-refractivity contribution is 5.93. The average Bonchev–Trinajstić information content (AvgIpc) is 2.81. The molecule has 0 spiro atoms. The molecule has 8 heteroatoms. The Morgan fingerprint density at radius 3 is 2.72 bits per heavy atom. The minimum atomic E-state index is -0.329. The second kappa shape index (κ2) is 8.53. The molecule has 1 aromatic heterocycles. The fourth-order valence-corrected chi connectivity index (χ4v) is 4.40. The van der Waals surface area contributed by atoms with Gasteiger partial charge in [-0.3, -0.25) is 9.59 Å². The lowest BCUT2D eigenvalue weighted by Gasteiger charge is -2.32. The van der Waals surface area contributed by atoms with Gasteiger partial charge in [-0.1, -0.05) is 25.1 Å². The zero-order valence-corrected chi connectivity index (χ0v) is 18.0. The maximum absolute atomic E-state index is 13.1. The minimum absolute atomic E-state index is 0.172. The number of nitrogens with zero attached hydrogens (tertiary/aromatic N) is 3. The molecule has 2 aliphatic rings. The predicted molar refractivity (Wildman–Crippen MR) is 123 cm³/mol. The first kappa shape index (κ1) is 20.4. The van der Waals surface area contributed by atoms with Crippen molar-refractivity contribution in [2.75, 3.05) is 36.5 Å². The van der Waals surface area contributed by atoms with Crippen LogP contribution in [0.3, 0.4) is 0 Å². The number of aromatic nitrogens is 2. The van der Waals surface area contributed by atoms with Crippen LogP contribution in [0.25, 0.3) is 10.8 Å². The van der Waals surface area contributed by atoms with Crippen LogP contribution in [0.5, 0.6) is 11.5 Å². The number of piperidine rings is 1. The maximum atomic E-state index is 13.1. The first-order valence-electron chi connectivity index (χ1n) is 11.0.